The third-order valence-electron chi connectivity index (χ3n) is 5.25. The number of carbonyl (C=O) groups is 2. The van der Waals surface area contributed by atoms with Crippen LogP contribution in [-0.2, 0) is 19.6 Å². The Balaban J connectivity index is 1.32. The first kappa shape index (κ1) is 21.6. The fourth-order valence-corrected chi connectivity index (χ4v) is 5.80. The van der Waals surface area contributed by atoms with Gasteiger partial charge in [-0.2, -0.15) is 4.31 Å². The molecule has 4 rings (SSSR count). The molecule has 1 unspecified atom stereocenters. The molecule has 0 bridgehead atoms. The van der Waals surface area contributed by atoms with Crippen molar-refractivity contribution >= 4 is 45.4 Å². The molecule has 162 valence electrons. The average molecular weight is 458 g/mol. The second kappa shape index (κ2) is 9.25. The molecule has 7 nitrogen and oxygen atoms in total. The lowest BCUT2D eigenvalue weighted by atomic mass is 10.2. The zero-order valence-corrected chi connectivity index (χ0v) is 18.4. The quantitative estimate of drug-likeness (QED) is 0.746. The summed E-state index contributed by atoms with van der Waals surface area (Å²) in [5, 5.41) is 3.57. The molecule has 0 aromatic heterocycles. The monoisotopic (exact) mass is 457 g/mol. The number of rotatable bonds is 5. The SMILES string of the molecule is O=C1Nc2ccccc2SC1CC(=O)N1CCN(S(=O)(=O)/C=C/c2ccccc2)CC1. The number of carbonyl (C=O) groups excluding carboxylic acids is 2. The van der Waals surface area contributed by atoms with E-state index in [0.29, 0.717) is 13.1 Å². The topological polar surface area (TPSA) is 86.8 Å². The van der Waals surface area contributed by atoms with Crippen molar-refractivity contribution in [2.24, 2.45) is 0 Å². The van der Waals surface area contributed by atoms with Crippen molar-refractivity contribution in [3.8, 4) is 0 Å². The van der Waals surface area contributed by atoms with Crippen LogP contribution in [0.3, 0.4) is 0 Å². The highest BCUT2D eigenvalue weighted by Gasteiger charge is 2.32. The molecular weight excluding hydrogens is 434 g/mol. The number of sulfonamides is 1. The van der Waals surface area contributed by atoms with Gasteiger partial charge in [0, 0.05) is 42.9 Å². The highest BCUT2D eigenvalue weighted by atomic mass is 32.2. The number of nitrogens with one attached hydrogen (secondary N) is 1. The first-order valence-corrected chi connectivity index (χ1v) is 12.4. The Morgan fingerprint density at radius 3 is 2.45 bits per heavy atom. The van der Waals surface area contributed by atoms with Gasteiger partial charge in [-0.3, -0.25) is 9.59 Å². The molecule has 2 amide bonds. The van der Waals surface area contributed by atoms with Crippen LogP contribution in [0.5, 0.6) is 0 Å². The normalized spacial score (nSPS) is 19.8. The second-order valence-electron chi connectivity index (χ2n) is 7.33. The molecule has 2 aromatic carbocycles. The van der Waals surface area contributed by atoms with Crippen LogP contribution in [0, 0.1) is 0 Å². The van der Waals surface area contributed by atoms with Gasteiger partial charge in [0.2, 0.25) is 21.8 Å². The van der Waals surface area contributed by atoms with Gasteiger partial charge in [0.05, 0.1) is 10.9 Å². The number of anilines is 1. The molecule has 0 saturated carbocycles. The van der Waals surface area contributed by atoms with Gasteiger partial charge in [0.15, 0.2) is 0 Å². The van der Waals surface area contributed by atoms with Crippen LogP contribution in [-0.4, -0.2) is 60.9 Å². The Hall–Kier alpha value is -2.62. The van der Waals surface area contributed by atoms with Crippen LogP contribution in [0.15, 0.2) is 64.9 Å². The van der Waals surface area contributed by atoms with Crippen molar-refractivity contribution in [3.63, 3.8) is 0 Å². The van der Waals surface area contributed by atoms with E-state index in [4.69, 9.17) is 0 Å². The van der Waals surface area contributed by atoms with Crippen LogP contribution in [0.25, 0.3) is 6.08 Å². The summed E-state index contributed by atoms with van der Waals surface area (Å²) in [6.07, 6.45) is 1.66. The van der Waals surface area contributed by atoms with Crippen molar-refractivity contribution in [2.75, 3.05) is 31.5 Å². The Morgan fingerprint density at radius 2 is 1.71 bits per heavy atom. The lowest BCUT2D eigenvalue weighted by molar-refractivity contribution is -0.133. The molecule has 1 atom stereocenters. The molecule has 1 fully saturated rings. The van der Waals surface area contributed by atoms with E-state index in [1.807, 2.05) is 54.6 Å². The smallest absolute Gasteiger partial charge is 0.238 e. The first-order chi connectivity index (χ1) is 14.9. The number of fused-ring (bicyclic) bond motifs is 1. The van der Waals surface area contributed by atoms with E-state index in [1.165, 1.54) is 21.5 Å². The Morgan fingerprint density at radius 1 is 1.03 bits per heavy atom. The van der Waals surface area contributed by atoms with E-state index in [1.54, 1.807) is 11.0 Å². The van der Waals surface area contributed by atoms with Gasteiger partial charge in [-0.05, 0) is 23.8 Å². The van der Waals surface area contributed by atoms with Crippen LogP contribution in [0.4, 0.5) is 5.69 Å². The molecule has 1 N–H and O–H groups in total. The molecule has 0 radical (unpaired) electrons. The fraction of sp³-hybridized carbons (Fsp3) is 0.273. The Kier molecular flexibility index (Phi) is 6.45. The third kappa shape index (κ3) is 5.17. The molecule has 2 aromatic rings. The van der Waals surface area contributed by atoms with Gasteiger partial charge in [-0.1, -0.05) is 42.5 Å². The van der Waals surface area contributed by atoms with Crippen molar-refractivity contribution in [1.82, 2.24) is 9.21 Å². The Labute approximate surface area is 186 Å². The van der Waals surface area contributed by atoms with Crippen molar-refractivity contribution in [2.45, 2.75) is 16.6 Å². The van der Waals surface area contributed by atoms with E-state index in [-0.39, 0.29) is 31.3 Å². The summed E-state index contributed by atoms with van der Waals surface area (Å²) in [7, 11) is -3.55. The average Bonchev–Trinajstić information content (AvgIpc) is 2.79. The first-order valence-electron chi connectivity index (χ1n) is 10.00. The molecule has 2 aliphatic rings. The van der Waals surface area contributed by atoms with E-state index in [9.17, 15) is 18.0 Å². The molecule has 1 saturated heterocycles. The van der Waals surface area contributed by atoms with Crippen LogP contribution in [0.2, 0.25) is 0 Å². The van der Waals surface area contributed by atoms with Crippen molar-refractivity contribution in [3.05, 3.63) is 65.6 Å². The summed E-state index contributed by atoms with van der Waals surface area (Å²) in [5.41, 5.74) is 1.58. The molecule has 0 aliphatic carbocycles. The van der Waals surface area contributed by atoms with Crippen LogP contribution >= 0.6 is 11.8 Å². The summed E-state index contributed by atoms with van der Waals surface area (Å²) in [5.74, 6) is -0.312. The van der Waals surface area contributed by atoms with Gasteiger partial charge >= 0.3 is 0 Å². The van der Waals surface area contributed by atoms with E-state index in [2.05, 4.69) is 5.32 Å². The predicted molar refractivity (Wildman–Crippen MR) is 122 cm³/mol. The molecule has 31 heavy (non-hydrogen) atoms. The van der Waals surface area contributed by atoms with Gasteiger partial charge in [0.1, 0.15) is 0 Å². The van der Waals surface area contributed by atoms with E-state index >= 15 is 0 Å². The van der Waals surface area contributed by atoms with Crippen LogP contribution in [0.1, 0.15) is 12.0 Å². The predicted octanol–water partition coefficient (Wildman–Crippen LogP) is 2.63. The number of nitrogens with zero attached hydrogens (tertiary/aromatic N) is 2. The van der Waals surface area contributed by atoms with Gasteiger partial charge < -0.3 is 10.2 Å². The lowest BCUT2D eigenvalue weighted by Crippen LogP contribution is -2.50. The second-order valence-corrected chi connectivity index (χ2v) is 10.4. The maximum Gasteiger partial charge on any atom is 0.238 e. The summed E-state index contributed by atoms with van der Waals surface area (Å²) >= 11 is 1.39. The molecular formula is C22H23N3O4S2. The minimum absolute atomic E-state index is 0.0888. The third-order valence-corrected chi connectivity index (χ3v) is 8.09. The van der Waals surface area contributed by atoms with Gasteiger partial charge in [-0.25, -0.2) is 8.42 Å². The minimum Gasteiger partial charge on any atom is -0.340 e. The fourth-order valence-electron chi connectivity index (χ4n) is 3.52. The van der Waals surface area contributed by atoms with Gasteiger partial charge in [-0.15, -0.1) is 11.8 Å². The number of benzene rings is 2. The molecule has 2 aliphatic heterocycles. The zero-order valence-electron chi connectivity index (χ0n) is 16.8. The number of hydrogen-bond acceptors (Lipinski definition) is 5. The number of para-hydroxylation sites is 1. The van der Waals surface area contributed by atoms with Crippen molar-refractivity contribution < 1.29 is 18.0 Å². The summed E-state index contributed by atoms with van der Waals surface area (Å²) in [6, 6.07) is 16.7. The largest absolute Gasteiger partial charge is 0.340 e. The zero-order chi connectivity index (χ0) is 21.8. The molecule has 0 spiro atoms. The maximum absolute atomic E-state index is 12.7. The van der Waals surface area contributed by atoms with E-state index in [0.717, 1.165) is 16.1 Å². The maximum atomic E-state index is 12.7. The van der Waals surface area contributed by atoms with Crippen molar-refractivity contribution in [1.29, 1.82) is 0 Å². The number of hydrogen-bond donors (Lipinski definition) is 1. The van der Waals surface area contributed by atoms with E-state index < -0.39 is 15.3 Å². The molecule has 9 heteroatoms. The lowest BCUT2D eigenvalue weighted by Gasteiger charge is -2.34. The highest BCUT2D eigenvalue weighted by molar-refractivity contribution is 8.01. The highest BCUT2D eigenvalue weighted by Crippen LogP contribution is 2.36. The van der Waals surface area contributed by atoms with Gasteiger partial charge in [0.25, 0.3) is 0 Å². The Bertz CT molecular complexity index is 1090. The summed E-state index contributed by atoms with van der Waals surface area (Å²) < 4.78 is 26.6. The summed E-state index contributed by atoms with van der Waals surface area (Å²) in [4.78, 5) is 27.7. The summed E-state index contributed by atoms with van der Waals surface area (Å²) in [6.45, 7) is 1.10. The number of amides is 2. The minimum atomic E-state index is -3.55. The number of piperazine rings is 1. The number of thioether (sulfide) groups is 1. The standard InChI is InChI=1S/C22H23N3O4S2/c26-21(16-20-22(27)23-18-8-4-5-9-19(18)30-20)24-11-13-25(14-12-24)31(28,29)15-10-17-6-2-1-3-7-17/h1-10,15,20H,11-14,16H2,(H,23,27)/b15-10+. The molecule has 2 heterocycles. The van der Waals surface area contributed by atoms with Crippen LogP contribution < -0.4 is 5.32 Å².